The summed E-state index contributed by atoms with van der Waals surface area (Å²) in [5.41, 5.74) is 2.15. The first-order chi connectivity index (χ1) is 12.9. The van der Waals surface area contributed by atoms with Crippen molar-refractivity contribution in [3.63, 3.8) is 0 Å². The topological polar surface area (TPSA) is 87.7 Å². The van der Waals surface area contributed by atoms with Crippen molar-refractivity contribution in [1.29, 1.82) is 0 Å². The molecule has 2 aromatic carbocycles. The van der Waals surface area contributed by atoms with Gasteiger partial charge in [-0.1, -0.05) is 45.9 Å². The summed E-state index contributed by atoms with van der Waals surface area (Å²) in [4.78, 5) is 28.2. The van der Waals surface area contributed by atoms with Gasteiger partial charge < -0.3 is 5.32 Å². The smallest absolute Gasteiger partial charge is 0.237 e. The van der Waals surface area contributed by atoms with Gasteiger partial charge in [-0.25, -0.2) is 4.98 Å². The van der Waals surface area contributed by atoms with E-state index in [4.69, 9.17) is 0 Å². The summed E-state index contributed by atoms with van der Waals surface area (Å²) in [6.07, 6.45) is 0. The highest BCUT2D eigenvalue weighted by atomic mass is 79.9. The number of nitrogens with zero attached hydrogens (tertiary/aromatic N) is 2. The summed E-state index contributed by atoms with van der Waals surface area (Å²) in [5, 5.41) is 10.0. The Kier molecular flexibility index (Phi) is 6.08. The van der Waals surface area contributed by atoms with Gasteiger partial charge >= 0.3 is 0 Å². The number of H-pyrrole nitrogens is 1. The maximum absolute atomic E-state index is 12.4. The number of hydrogen-bond acceptors (Lipinski definition) is 5. The third kappa shape index (κ3) is 4.84. The highest BCUT2D eigenvalue weighted by Crippen LogP contribution is 2.28. The SMILES string of the molecule is CC(=O)c1ccc(NC(=O)[C@H](C)Sc2n[nH]c(-c3ccccc3Br)n2)cc1. The molecule has 0 spiro atoms. The number of ketones is 1. The second-order valence-corrected chi connectivity index (χ2v) is 7.99. The zero-order valence-electron chi connectivity index (χ0n) is 14.7. The van der Waals surface area contributed by atoms with E-state index in [1.165, 1.54) is 18.7 Å². The van der Waals surface area contributed by atoms with E-state index in [0.717, 1.165) is 10.0 Å². The van der Waals surface area contributed by atoms with Crippen LogP contribution in [0.5, 0.6) is 0 Å². The number of carbonyl (C=O) groups is 2. The van der Waals surface area contributed by atoms with E-state index in [-0.39, 0.29) is 16.9 Å². The molecule has 8 heteroatoms. The van der Waals surface area contributed by atoms with Crippen molar-refractivity contribution >= 4 is 45.1 Å². The quantitative estimate of drug-likeness (QED) is 0.429. The van der Waals surface area contributed by atoms with E-state index < -0.39 is 0 Å². The molecule has 0 radical (unpaired) electrons. The van der Waals surface area contributed by atoms with Crippen molar-refractivity contribution in [2.75, 3.05) is 5.32 Å². The minimum Gasteiger partial charge on any atom is -0.325 e. The van der Waals surface area contributed by atoms with Crippen molar-refractivity contribution in [1.82, 2.24) is 15.2 Å². The molecule has 0 aliphatic carbocycles. The molecule has 0 unspecified atom stereocenters. The van der Waals surface area contributed by atoms with Crippen molar-refractivity contribution in [2.45, 2.75) is 24.3 Å². The van der Waals surface area contributed by atoms with Gasteiger partial charge in [-0.15, -0.1) is 5.10 Å². The largest absolute Gasteiger partial charge is 0.325 e. The number of Topliss-reactive ketones (excluding diaryl/α,β-unsaturated/α-hetero) is 1. The van der Waals surface area contributed by atoms with Gasteiger partial charge in [0.15, 0.2) is 11.6 Å². The number of benzene rings is 2. The fourth-order valence-corrected chi connectivity index (χ4v) is 3.51. The summed E-state index contributed by atoms with van der Waals surface area (Å²) in [5.74, 6) is 0.461. The van der Waals surface area contributed by atoms with Crippen LogP contribution in [0.1, 0.15) is 24.2 Å². The highest BCUT2D eigenvalue weighted by molar-refractivity contribution is 9.10. The first-order valence-corrected chi connectivity index (χ1v) is 9.87. The average Bonchev–Trinajstić information content (AvgIpc) is 3.10. The molecule has 0 bridgehead atoms. The lowest BCUT2D eigenvalue weighted by molar-refractivity contribution is -0.115. The molecule has 0 saturated heterocycles. The molecule has 1 amide bonds. The van der Waals surface area contributed by atoms with Crippen molar-refractivity contribution in [3.8, 4) is 11.4 Å². The molecule has 1 atom stereocenters. The molecule has 2 N–H and O–H groups in total. The lowest BCUT2D eigenvalue weighted by Gasteiger charge is -2.10. The number of thioether (sulfide) groups is 1. The number of hydrogen-bond donors (Lipinski definition) is 2. The molecule has 27 heavy (non-hydrogen) atoms. The number of nitrogens with one attached hydrogen (secondary N) is 2. The zero-order valence-corrected chi connectivity index (χ0v) is 17.1. The monoisotopic (exact) mass is 444 g/mol. The summed E-state index contributed by atoms with van der Waals surface area (Å²) in [6, 6.07) is 14.5. The van der Waals surface area contributed by atoms with Gasteiger partial charge in [0.25, 0.3) is 0 Å². The molecule has 3 aromatic rings. The number of amides is 1. The molecule has 0 fully saturated rings. The Balaban J connectivity index is 1.63. The Morgan fingerprint density at radius 3 is 2.52 bits per heavy atom. The van der Waals surface area contributed by atoms with Crippen LogP contribution in [0.4, 0.5) is 5.69 Å². The Hall–Kier alpha value is -2.45. The van der Waals surface area contributed by atoms with Crippen molar-refractivity contribution in [3.05, 3.63) is 58.6 Å². The van der Waals surface area contributed by atoms with E-state index in [1.807, 2.05) is 24.3 Å². The number of rotatable bonds is 6. The molecular formula is C19H17BrN4O2S. The molecule has 0 aliphatic heterocycles. The summed E-state index contributed by atoms with van der Waals surface area (Å²) >= 11 is 4.75. The number of halogens is 1. The fourth-order valence-electron chi connectivity index (χ4n) is 2.32. The Bertz CT molecular complexity index is 972. The fraction of sp³-hybridized carbons (Fsp3) is 0.158. The normalized spacial score (nSPS) is 11.8. The summed E-state index contributed by atoms with van der Waals surface area (Å²) < 4.78 is 0.914. The van der Waals surface area contributed by atoms with E-state index in [0.29, 0.717) is 22.2 Å². The van der Waals surface area contributed by atoms with Crippen molar-refractivity contribution in [2.24, 2.45) is 0 Å². The molecular weight excluding hydrogens is 428 g/mol. The van der Waals surface area contributed by atoms with Gasteiger partial charge in [0.05, 0.1) is 5.25 Å². The molecule has 1 heterocycles. The predicted molar refractivity (Wildman–Crippen MR) is 110 cm³/mol. The molecule has 1 aromatic heterocycles. The first kappa shape index (κ1) is 19.3. The average molecular weight is 445 g/mol. The maximum Gasteiger partial charge on any atom is 0.237 e. The molecule has 138 valence electrons. The Morgan fingerprint density at radius 2 is 1.85 bits per heavy atom. The number of aromatic amines is 1. The standard InChI is InChI=1S/C19H17BrN4O2S/c1-11(25)13-7-9-14(10-8-13)21-18(26)12(2)27-19-22-17(23-24-19)15-5-3-4-6-16(15)20/h3-10,12H,1-2H3,(H,21,26)(H,22,23,24)/t12-/m0/s1. The summed E-state index contributed by atoms with van der Waals surface area (Å²) in [6.45, 7) is 3.30. The molecule has 0 aliphatic rings. The van der Waals surface area contributed by atoms with Crippen LogP contribution in [0, 0.1) is 0 Å². The number of anilines is 1. The van der Waals surface area contributed by atoms with Gasteiger partial charge in [-0.05, 0) is 44.2 Å². The third-order valence-electron chi connectivity index (χ3n) is 3.80. The van der Waals surface area contributed by atoms with Crippen molar-refractivity contribution < 1.29 is 9.59 Å². The minimum atomic E-state index is -0.389. The highest BCUT2D eigenvalue weighted by Gasteiger charge is 2.18. The third-order valence-corrected chi connectivity index (χ3v) is 5.46. The molecule has 0 saturated carbocycles. The second-order valence-electron chi connectivity index (χ2n) is 5.83. The lowest BCUT2D eigenvalue weighted by Crippen LogP contribution is -2.22. The Morgan fingerprint density at radius 1 is 1.15 bits per heavy atom. The zero-order chi connectivity index (χ0) is 19.4. The molecule has 6 nitrogen and oxygen atoms in total. The first-order valence-electron chi connectivity index (χ1n) is 8.20. The van der Waals surface area contributed by atoms with E-state index in [2.05, 4.69) is 36.4 Å². The summed E-state index contributed by atoms with van der Waals surface area (Å²) in [7, 11) is 0. The van der Waals surface area contributed by atoms with Crippen LogP contribution in [-0.2, 0) is 4.79 Å². The van der Waals surface area contributed by atoms with Crippen LogP contribution in [-0.4, -0.2) is 32.1 Å². The van der Waals surface area contributed by atoms with E-state index in [1.54, 1.807) is 31.2 Å². The van der Waals surface area contributed by atoms with Gasteiger partial charge in [-0.2, -0.15) is 0 Å². The van der Waals surface area contributed by atoms with Crippen LogP contribution < -0.4 is 5.32 Å². The van der Waals surface area contributed by atoms with Crippen LogP contribution in [0.2, 0.25) is 0 Å². The van der Waals surface area contributed by atoms with Gasteiger partial charge in [0, 0.05) is 21.3 Å². The maximum atomic E-state index is 12.4. The van der Waals surface area contributed by atoms with E-state index in [9.17, 15) is 9.59 Å². The van der Waals surface area contributed by atoms with Crippen LogP contribution in [0.25, 0.3) is 11.4 Å². The molecule has 3 rings (SSSR count). The van der Waals surface area contributed by atoms with Crippen LogP contribution in [0.15, 0.2) is 58.2 Å². The van der Waals surface area contributed by atoms with Gasteiger partial charge in [-0.3, -0.25) is 14.7 Å². The minimum absolute atomic E-state index is 0.0118. The predicted octanol–water partition coefficient (Wildman–Crippen LogP) is 4.56. The lowest BCUT2D eigenvalue weighted by atomic mass is 10.1. The Labute approximate surface area is 169 Å². The number of aromatic nitrogens is 3. The number of carbonyl (C=O) groups excluding carboxylic acids is 2. The van der Waals surface area contributed by atoms with Crippen LogP contribution >= 0.6 is 27.7 Å². The van der Waals surface area contributed by atoms with E-state index >= 15 is 0 Å². The second kappa shape index (κ2) is 8.49. The van der Waals surface area contributed by atoms with Crippen LogP contribution in [0.3, 0.4) is 0 Å². The van der Waals surface area contributed by atoms with Gasteiger partial charge in [0.1, 0.15) is 0 Å². The van der Waals surface area contributed by atoms with Gasteiger partial charge in [0.2, 0.25) is 11.1 Å².